The molecule has 0 unspecified atom stereocenters. The van der Waals surface area contributed by atoms with E-state index < -0.39 is 5.97 Å². The zero-order valence-electron chi connectivity index (χ0n) is 11.0. The van der Waals surface area contributed by atoms with E-state index in [4.69, 9.17) is 5.11 Å². The topological polar surface area (TPSA) is 84.2 Å². The van der Waals surface area contributed by atoms with Crippen molar-refractivity contribution in [2.24, 2.45) is 0 Å². The van der Waals surface area contributed by atoms with Gasteiger partial charge in [-0.2, -0.15) is 0 Å². The summed E-state index contributed by atoms with van der Waals surface area (Å²) < 4.78 is 2.01. The Morgan fingerprint density at radius 3 is 2.63 bits per heavy atom. The number of hydrogen-bond donors (Lipinski definition) is 2. The van der Waals surface area contributed by atoms with Crippen LogP contribution < -0.4 is 5.32 Å². The van der Waals surface area contributed by atoms with Crippen LogP contribution in [0.2, 0.25) is 0 Å². The molecule has 6 nitrogen and oxygen atoms in total. The van der Waals surface area contributed by atoms with Crippen LogP contribution in [0.5, 0.6) is 0 Å². The molecule has 0 saturated heterocycles. The van der Waals surface area contributed by atoms with Crippen LogP contribution in [0.15, 0.2) is 18.7 Å². The molecule has 0 fully saturated rings. The predicted molar refractivity (Wildman–Crippen MR) is 70.6 cm³/mol. The van der Waals surface area contributed by atoms with Crippen LogP contribution in [0.1, 0.15) is 38.5 Å². The first-order valence-corrected chi connectivity index (χ1v) is 6.62. The quantitative estimate of drug-likeness (QED) is 0.628. The van der Waals surface area contributed by atoms with Crippen molar-refractivity contribution in [3.63, 3.8) is 0 Å². The lowest BCUT2D eigenvalue weighted by Gasteiger charge is -2.05. The van der Waals surface area contributed by atoms with Crippen molar-refractivity contribution < 1.29 is 14.7 Å². The summed E-state index contributed by atoms with van der Waals surface area (Å²) in [6.07, 6.45) is 9.11. The number of carbonyl (C=O) groups is 2. The van der Waals surface area contributed by atoms with Gasteiger partial charge in [-0.15, -0.1) is 0 Å². The fourth-order valence-corrected chi connectivity index (χ4v) is 1.72. The number of aryl methyl sites for hydroxylation is 1. The van der Waals surface area contributed by atoms with Crippen LogP contribution in [0.4, 0.5) is 0 Å². The lowest BCUT2D eigenvalue weighted by molar-refractivity contribution is -0.137. The van der Waals surface area contributed by atoms with Crippen molar-refractivity contribution >= 4 is 11.9 Å². The number of nitrogens with one attached hydrogen (secondary N) is 1. The van der Waals surface area contributed by atoms with E-state index in [9.17, 15) is 9.59 Å². The number of aliphatic carboxylic acids is 1. The molecule has 6 heteroatoms. The molecule has 0 atom stereocenters. The maximum atomic E-state index is 11.4. The van der Waals surface area contributed by atoms with E-state index in [1.54, 1.807) is 12.5 Å². The fraction of sp³-hybridized carbons (Fsp3) is 0.615. The lowest BCUT2D eigenvalue weighted by atomic mass is 10.2. The van der Waals surface area contributed by atoms with Gasteiger partial charge in [-0.25, -0.2) is 4.98 Å². The van der Waals surface area contributed by atoms with Crippen molar-refractivity contribution in [1.82, 2.24) is 14.9 Å². The average molecular weight is 267 g/mol. The minimum Gasteiger partial charge on any atom is -0.481 e. The molecular formula is C13H21N3O3. The number of rotatable bonds is 10. The summed E-state index contributed by atoms with van der Waals surface area (Å²) in [5, 5.41) is 11.3. The van der Waals surface area contributed by atoms with Gasteiger partial charge >= 0.3 is 5.97 Å². The number of carboxylic acids is 1. The molecule has 0 radical (unpaired) electrons. The maximum Gasteiger partial charge on any atom is 0.303 e. The minimum atomic E-state index is -0.806. The number of carbonyl (C=O) groups excluding carboxylic acids is 1. The molecule has 19 heavy (non-hydrogen) atoms. The van der Waals surface area contributed by atoms with E-state index >= 15 is 0 Å². The van der Waals surface area contributed by atoms with Gasteiger partial charge in [-0.05, 0) is 25.7 Å². The van der Waals surface area contributed by atoms with Gasteiger partial charge in [-0.3, -0.25) is 9.59 Å². The van der Waals surface area contributed by atoms with Gasteiger partial charge in [0.05, 0.1) is 6.33 Å². The van der Waals surface area contributed by atoms with Gasteiger partial charge in [-0.1, -0.05) is 0 Å². The van der Waals surface area contributed by atoms with Gasteiger partial charge < -0.3 is 15.0 Å². The van der Waals surface area contributed by atoms with Crippen LogP contribution in [-0.2, 0) is 16.1 Å². The molecule has 0 aliphatic carbocycles. The van der Waals surface area contributed by atoms with Crippen molar-refractivity contribution in [3.05, 3.63) is 18.7 Å². The Labute approximate surface area is 112 Å². The molecule has 1 rings (SSSR count). The van der Waals surface area contributed by atoms with E-state index in [1.807, 2.05) is 10.8 Å². The summed E-state index contributed by atoms with van der Waals surface area (Å²) in [6.45, 7) is 1.58. The van der Waals surface area contributed by atoms with Crippen LogP contribution in [0.3, 0.4) is 0 Å². The average Bonchev–Trinajstić information content (AvgIpc) is 2.87. The van der Waals surface area contributed by atoms with Crippen LogP contribution in [0.25, 0.3) is 0 Å². The first-order valence-electron chi connectivity index (χ1n) is 6.62. The molecule has 0 bridgehead atoms. The van der Waals surface area contributed by atoms with Crippen molar-refractivity contribution in [3.8, 4) is 0 Å². The van der Waals surface area contributed by atoms with Crippen molar-refractivity contribution in [2.45, 2.75) is 45.1 Å². The molecular weight excluding hydrogens is 246 g/mol. The Kier molecular flexibility index (Phi) is 7.31. The summed E-state index contributed by atoms with van der Waals surface area (Å²) in [4.78, 5) is 25.6. The number of amides is 1. The normalized spacial score (nSPS) is 10.3. The predicted octanol–water partition coefficient (Wildman–Crippen LogP) is 1.42. The largest absolute Gasteiger partial charge is 0.481 e. The van der Waals surface area contributed by atoms with Gasteiger partial charge in [0, 0.05) is 38.3 Å². The third-order valence-electron chi connectivity index (χ3n) is 2.77. The highest BCUT2D eigenvalue weighted by atomic mass is 16.4. The standard InChI is InChI=1S/C13H21N3O3/c17-12(5-1-2-6-13(18)19)15-7-3-4-9-16-10-8-14-11-16/h8,10-11H,1-7,9H2,(H,15,17)(H,18,19). The summed E-state index contributed by atoms with van der Waals surface area (Å²) in [7, 11) is 0. The highest BCUT2D eigenvalue weighted by molar-refractivity contribution is 5.75. The number of imidazole rings is 1. The third kappa shape index (κ3) is 7.96. The monoisotopic (exact) mass is 267 g/mol. The molecule has 2 N–H and O–H groups in total. The maximum absolute atomic E-state index is 11.4. The zero-order valence-corrected chi connectivity index (χ0v) is 11.0. The van der Waals surface area contributed by atoms with Crippen LogP contribution >= 0.6 is 0 Å². The van der Waals surface area contributed by atoms with Crippen LogP contribution in [-0.4, -0.2) is 33.1 Å². The summed E-state index contributed by atoms with van der Waals surface area (Å²) in [6, 6.07) is 0. The smallest absolute Gasteiger partial charge is 0.303 e. The summed E-state index contributed by atoms with van der Waals surface area (Å²) in [5.41, 5.74) is 0. The van der Waals surface area contributed by atoms with Crippen molar-refractivity contribution in [1.29, 1.82) is 0 Å². The Hall–Kier alpha value is -1.85. The molecule has 1 aromatic rings. The Morgan fingerprint density at radius 2 is 1.95 bits per heavy atom. The molecule has 1 amide bonds. The van der Waals surface area contributed by atoms with Gasteiger partial charge in [0.1, 0.15) is 0 Å². The second kappa shape index (κ2) is 9.13. The molecule has 1 aromatic heterocycles. The van der Waals surface area contributed by atoms with E-state index in [-0.39, 0.29) is 12.3 Å². The first kappa shape index (κ1) is 15.2. The Balaban J connectivity index is 1.91. The fourth-order valence-electron chi connectivity index (χ4n) is 1.72. The highest BCUT2D eigenvalue weighted by Crippen LogP contribution is 2.00. The number of unbranched alkanes of at least 4 members (excludes halogenated alkanes) is 2. The number of nitrogens with zero attached hydrogens (tertiary/aromatic N) is 2. The SMILES string of the molecule is O=C(O)CCCCC(=O)NCCCCn1ccnc1. The second-order valence-electron chi connectivity index (χ2n) is 4.46. The highest BCUT2D eigenvalue weighted by Gasteiger charge is 2.02. The van der Waals surface area contributed by atoms with E-state index in [0.29, 0.717) is 25.8 Å². The lowest BCUT2D eigenvalue weighted by Crippen LogP contribution is -2.24. The molecule has 0 aromatic carbocycles. The number of carboxylic acid groups (broad SMARTS) is 1. The summed E-state index contributed by atoms with van der Waals surface area (Å²) in [5.74, 6) is -0.798. The van der Waals surface area contributed by atoms with Gasteiger partial charge in [0.2, 0.25) is 5.91 Å². The number of hydrogen-bond acceptors (Lipinski definition) is 3. The second-order valence-corrected chi connectivity index (χ2v) is 4.46. The van der Waals surface area contributed by atoms with Crippen LogP contribution in [0, 0.1) is 0 Å². The molecule has 0 aliphatic rings. The molecule has 106 valence electrons. The summed E-state index contributed by atoms with van der Waals surface area (Å²) >= 11 is 0. The molecule has 1 heterocycles. The van der Waals surface area contributed by atoms with E-state index in [2.05, 4.69) is 10.3 Å². The van der Waals surface area contributed by atoms with Gasteiger partial charge in [0.15, 0.2) is 0 Å². The first-order chi connectivity index (χ1) is 9.18. The van der Waals surface area contributed by atoms with Gasteiger partial charge in [0.25, 0.3) is 0 Å². The van der Waals surface area contributed by atoms with Crippen molar-refractivity contribution in [2.75, 3.05) is 6.54 Å². The van der Waals surface area contributed by atoms with E-state index in [1.165, 1.54) is 0 Å². The third-order valence-corrected chi connectivity index (χ3v) is 2.77. The van der Waals surface area contributed by atoms with E-state index in [0.717, 1.165) is 19.4 Å². The minimum absolute atomic E-state index is 0.00743. The molecule has 0 aliphatic heterocycles. The Morgan fingerprint density at radius 1 is 1.16 bits per heavy atom. The zero-order chi connectivity index (χ0) is 13.9. The Bertz CT molecular complexity index is 376. The molecule has 0 spiro atoms. The molecule has 0 saturated carbocycles. The number of aromatic nitrogens is 2.